The van der Waals surface area contributed by atoms with Gasteiger partial charge in [0.2, 0.25) is 17.7 Å². The molecule has 2 fully saturated rings. The van der Waals surface area contributed by atoms with Gasteiger partial charge in [-0.05, 0) is 46.7 Å². The van der Waals surface area contributed by atoms with Crippen molar-refractivity contribution in [2.75, 3.05) is 4.90 Å². The summed E-state index contributed by atoms with van der Waals surface area (Å²) in [5.41, 5.74) is 6.13. The molecule has 0 bridgehead atoms. The molecule has 34 heavy (non-hydrogen) atoms. The van der Waals surface area contributed by atoms with E-state index in [-0.39, 0.29) is 41.2 Å². The van der Waals surface area contributed by atoms with Crippen LogP contribution in [0.15, 0.2) is 48.5 Å². The average molecular weight is 482 g/mol. The molecule has 0 spiro atoms. The first-order chi connectivity index (χ1) is 15.9. The van der Waals surface area contributed by atoms with E-state index in [2.05, 4.69) is 0 Å². The van der Waals surface area contributed by atoms with Gasteiger partial charge in [0, 0.05) is 23.0 Å². The number of benzene rings is 2. The van der Waals surface area contributed by atoms with Gasteiger partial charge in [0.25, 0.3) is 5.91 Å². The van der Waals surface area contributed by atoms with Crippen LogP contribution in [-0.2, 0) is 20.9 Å². The Bertz CT molecular complexity index is 1170. The van der Waals surface area contributed by atoms with Gasteiger partial charge >= 0.3 is 0 Å². The summed E-state index contributed by atoms with van der Waals surface area (Å²) >= 11 is 6.38. The zero-order valence-electron chi connectivity index (χ0n) is 19.7. The van der Waals surface area contributed by atoms with Gasteiger partial charge in [-0.3, -0.25) is 19.2 Å². The number of rotatable bonds is 6. The second-order valence-electron chi connectivity index (χ2n) is 10.1. The largest absolute Gasteiger partial charge is 0.366 e. The Balaban J connectivity index is 1.68. The normalized spacial score (nSPS) is 21.0. The van der Waals surface area contributed by atoms with E-state index in [0.29, 0.717) is 16.3 Å². The number of anilines is 1. The fourth-order valence-corrected chi connectivity index (χ4v) is 5.23. The molecule has 2 aromatic carbocycles. The monoisotopic (exact) mass is 481 g/mol. The van der Waals surface area contributed by atoms with Crippen LogP contribution in [0.25, 0.3) is 0 Å². The molecule has 1 unspecified atom stereocenters. The van der Waals surface area contributed by atoms with Crippen LogP contribution in [0.3, 0.4) is 0 Å². The van der Waals surface area contributed by atoms with E-state index < -0.39 is 23.8 Å². The third-order valence-electron chi connectivity index (χ3n) is 7.76. The molecule has 8 heteroatoms. The fourth-order valence-electron chi connectivity index (χ4n) is 5.04. The van der Waals surface area contributed by atoms with E-state index in [1.165, 1.54) is 29.2 Å². The maximum Gasteiger partial charge on any atom is 0.257 e. The summed E-state index contributed by atoms with van der Waals surface area (Å²) in [6.45, 7) is 8.28. The van der Waals surface area contributed by atoms with Crippen LogP contribution in [0, 0.1) is 16.7 Å². The van der Waals surface area contributed by atoms with Gasteiger partial charge in [0.15, 0.2) is 0 Å². The second-order valence-corrected chi connectivity index (χ2v) is 10.5. The minimum Gasteiger partial charge on any atom is -0.366 e. The zero-order chi connectivity index (χ0) is 25.0. The van der Waals surface area contributed by atoms with Crippen LogP contribution < -0.4 is 10.6 Å². The van der Waals surface area contributed by atoms with Crippen molar-refractivity contribution in [2.45, 2.75) is 46.7 Å². The van der Waals surface area contributed by atoms with E-state index >= 15 is 0 Å². The van der Waals surface area contributed by atoms with E-state index in [9.17, 15) is 19.2 Å². The van der Waals surface area contributed by atoms with Crippen LogP contribution in [0.2, 0.25) is 5.02 Å². The fraction of sp³-hybridized carbons (Fsp3) is 0.385. The molecule has 7 nitrogen and oxygen atoms in total. The molecular formula is C26H28ClN3O4. The first kappa shape index (κ1) is 24.0. The lowest BCUT2D eigenvalue weighted by atomic mass is 10.0. The number of nitrogens with two attached hydrogens (primary N) is 1. The Hall–Kier alpha value is -3.19. The van der Waals surface area contributed by atoms with Crippen molar-refractivity contribution in [3.63, 3.8) is 0 Å². The lowest BCUT2D eigenvalue weighted by Gasteiger charge is -2.29. The minimum absolute atomic E-state index is 0.124. The Morgan fingerprint density at radius 2 is 1.62 bits per heavy atom. The third-order valence-corrected chi connectivity index (χ3v) is 8.13. The third kappa shape index (κ3) is 3.78. The number of imide groups is 1. The summed E-state index contributed by atoms with van der Waals surface area (Å²) in [6, 6.07) is 12.2. The highest BCUT2D eigenvalue weighted by Gasteiger charge is 2.69. The van der Waals surface area contributed by atoms with Gasteiger partial charge in [-0.15, -0.1) is 0 Å². The van der Waals surface area contributed by atoms with Crippen LogP contribution in [0.4, 0.5) is 5.69 Å². The highest BCUT2D eigenvalue weighted by molar-refractivity contribution is 6.31. The number of carbonyl (C=O) groups excluding carboxylic acids is 4. The summed E-state index contributed by atoms with van der Waals surface area (Å²) < 4.78 is 0. The minimum atomic E-state index is -0.945. The van der Waals surface area contributed by atoms with Gasteiger partial charge in [0.05, 0.1) is 12.1 Å². The Morgan fingerprint density at radius 1 is 1.03 bits per heavy atom. The Labute approximate surface area is 203 Å². The van der Waals surface area contributed by atoms with Crippen molar-refractivity contribution in [1.82, 2.24) is 4.90 Å². The van der Waals surface area contributed by atoms with E-state index in [1.807, 2.05) is 39.8 Å². The number of halogens is 1. The van der Waals surface area contributed by atoms with Gasteiger partial charge in [-0.2, -0.15) is 0 Å². The first-order valence-corrected chi connectivity index (χ1v) is 11.6. The maximum atomic E-state index is 13.8. The van der Waals surface area contributed by atoms with E-state index in [0.717, 1.165) is 4.90 Å². The maximum absolute atomic E-state index is 13.8. The summed E-state index contributed by atoms with van der Waals surface area (Å²) in [5.74, 6) is -1.93. The van der Waals surface area contributed by atoms with Gasteiger partial charge < -0.3 is 10.6 Å². The number of primary amides is 1. The summed E-state index contributed by atoms with van der Waals surface area (Å²) in [6.07, 6.45) is -0.125. The summed E-state index contributed by atoms with van der Waals surface area (Å²) in [5, 5.41) is 0.491. The van der Waals surface area contributed by atoms with Crippen molar-refractivity contribution in [3.05, 3.63) is 64.7 Å². The number of amides is 4. The molecule has 1 aliphatic heterocycles. The molecule has 0 radical (unpaired) electrons. The smallest absolute Gasteiger partial charge is 0.257 e. The summed E-state index contributed by atoms with van der Waals surface area (Å²) in [4.78, 5) is 54.2. The SMILES string of the molecule is CC1(C)C(C(=O)N(Cc2ccccc2Cl)C2CC(=O)N(c3ccc(C(N)=O)cc3)C2=O)C1(C)C. The Morgan fingerprint density at radius 3 is 2.15 bits per heavy atom. The first-order valence-electron chi connectivity index (χ1n) is 11.2. The molecule has 1 saturated carbocycles. The number of carbonyl (C=O) groups is 4. The van der Waals surface area contributed by atoms with Crippen molar-refractivity contribution in [3.8, 4) is 0 Å². The number of nitrogens with zero attached hydrogens (tertiary/aromatic N) is 2. The molecule has 1 heterocycles. The van der Waals surface area contributed by atoms with E-state index in [1.54, 1.807) is 12.1 Å². The molecule has 1 aliphatic carbocycles. The molecule has 1 atom stereocenters. The van der Waals surface area contributed by atoms with Gasteiger partial charge in [-0.25, -0.2) is 4.90 Å². The lowest BCUT2D eigenvalue weighted by Crippen LogP contribution is -2.46. The van der Waals surface area contributed by atoms with Crippen molar-refractivity contribution in [2.24, 2.45) is 22.5 Å². The molecule has 4 amide bonds. The molecule has 178 valence electrons. The highest BCUT2D eigenvalue weighted by atomic mass is 35.5. The predicted molar refractivity (Wildman–Crippen MR) is 129 cm³/mol. The van der Waals surface area contributed by atoms with Crippen molar-refractivity contribution < 1.29 is 19.2 Å². The zero-order valence-corrected chi connectivity index (χ0v) is 20.4. The standard InChI is InChI=1S/C26H28ClN3O4/c1-25(2)21(26(25,3)4)24(34)29(14-16-7-5-6-8-18(16)27)19-13-20(31)30(23(19)33)17-11-9-15(10-12-17)22(28)32/h5-12,19,21H,13-14H2,1-4H3,(H2,28,32). The molecule has 2 aromatic rings. The topological polar surface area (TPSA) is 101 Å². The van der Waals surface area contributed by atoms with Gasteiger partial charge in [0.1, 0.15) is 6.04 Å². The predicted octanol–water partition coefficient (Wildman–Crippen LogP) is 3.78. The summed E-state index contributed by atoms with van der Waals surface area (Å²) in [7, 11) is 0. The van der Waals surface area contributed by atoms with Crippen molar-refractivity contribution in [1.29, 1.82) is 0 Å². The molecule has 2 N–H and O–H groups in total. The number of hydrogen-bond acceptors (Lipinski definition) is 4. The number of hydrogen-bond donors (Lipinski definition) is 1. The molecule has 2 aliphatic rings. The second kappa shape index (κ2) is 8.24. The van der Waals surface area contributed by atoms with E-state index in [4.69, 9.17) is 17.3 Å². The van der Waals surface area contributed by atoms with Gasteiger partial charge in [-0.1, -0.05) is 57.5 Å². The molecular weight excluding hydrogens is 454 g/mol. The van der Waals surface area contributed by atoms with Crippen LogP contribution >= 0.6 is 11.6 Å². The quantitative estimate of drug-likeness (QED) is 0.634. The van der Waals surface area contributed by atoms with Crippen LogP contribution in [0.1, 0.15) is 50.0 Å². The highest BCUT2D eigenvalue weighted by Crippen LogP contribution is 2.69. The molecule has 0 aromatic heterocycles. The van der Waals surface area contributed by atoms with Crippen LogP contribution in [0.5, 0.6) is 0 Å². The Kier molecular flexibility index (Phi) is 5.80. The lowest BCUT2D eigenvalue weighted by molar-refractivity contribution is -0.141. The molecule has 4 rings (SSSR count). The van der Waals surface area contributed by atoms with Crippen LogP contribution in [-0.4, -0.2) is 34.6 Å². The van der Waals surface area contributed by atoms with Crippen molar-refractivity contribution >= 4 is 40.9 Å². The average Bonchev–Trinajstić information content (AvgIpc) is 3.01. The molecule has 1 saturated heterocycles.